The van der Waals surface area contributed by atoms with Crippen LogP contribution in [0, 0.1) is 0 Å². The Balaban J connectivity index is 1.82. The second-order valence-corrected chi connectivity index (χ2v) is 5.50. The van der Waals surface area contributed by atoms with Crippen molar-refractivity contribution in [3.63, 3.8) is 0 Å². The van der Waals surface area contributed by atoms with Gasteiger partial charge in [-0.2, -0.15) is 0 Å². The van der Waals surface area contributed by atoms with Crippen molar-refractivity contribution < 1.29 is 4.74 Å². The molecule has 114 valence electrons. The highest BCUT2D eigenvalue weighted by molar-refractivity contribution is 5.67. The molecule has 23 heavy (non-hydrogen) atoms. The molecule has 0 aliphatic rings. The first-order valence-electron chi connectivity index (χ1n) is 7.50. The highest BCUT2D eigenvalue weighted by Crippen LogP contribution is 2.27. The molecule has 0 radical (unpaired) electrons. The summed E-state index contributed by atoms with van der Waals surface area (Å²) in [5.74, 6) is 1.77. The van der Waals surface area contributed by atoms with E-state index in [1.54, 1.807) is 7.11 Å². The van der Waals surface area contributed by atoms with Crippen molar-refractivity contribution in [2.24, 2.45) is 7.05 Å². The number of methoxy groups -OCH3 is 1. The van der Waals surface area contributed by atoms with Crippen LogP contribution in [-0.4, -0.2) is 21.1 Å². The maximum absolute atomic E-state index is 5.32. The molecule has 0 saturated carbocycles. The summed E-state index contributed by atoms with van der Waals surface area (Å²) < 4.78 is 9.48. The molecule has 0 fully saturated rings. The van der Waals surface area contributed by atoms with E-state index in [4.69, 9.17) is 9.72 Å². The standard InChI is InChI=1S/C19H17N3O/c1-21-18(15-9-6-10-16(11-15)23-2)13-22-12-17(20-19(21)22)14-7-4-3-5-8-14/h3-13H,1-2H3. The molecule has 4 heteroatoms. The summed E-state index contributed by atoms with van der Waals surface area (Å²) in [6.45, 7) is 0. The minimum atomic E-state index is 0.853. The van der Waals surface area contributed by atoms with Gasteiger partial charge in [-0.3, -0.25) is 4.40 Å². The second-order valence-electron chi connectivity index (χ2n) is 5.50. The molecule has 4 aromatic rings. The summed E-state index contributed by atoms with van der Waals surface area (Å²) >= 11 is 0. The summed E-state index contributed by atoms with van der Waals surface area (Å²) in [7, 11) is 3.72. The lowest BCUT2D eigenvalue weighted by molar-refractivity contribution is 0.415. The molecule has 0 aliphatic heterocycles. The molecular formula is C19H17N3O. The van der Waals surface area contributed by atoms with Gasteiger partial charge in [0.15, 0.2) is 0 Å². The summed E-state index contributed by atoms with van der Waals surface area (Å²) in [6, 6.07) is 18.3. The SMILES string of the molecule is COc1cccc(-c2cn3cc(-c4ccccc4)nc3n2C)c1. The molecule has 0 unspecified atom stereocenters. The van der Waals surface area contributed by atoms with E-state index in [9.17, 15) is 0 Å². The van der Waals surface area contributed by atoms with Crippen molar-refractivity contribution in [1.29, 1.82) is 0 Å². The predicted molar refractivity (Wildman–Crippen MR) is 91.6 cm³/mol. The Kier molecular flexibility index (Phi) is 3.15. The van der Waals surface area contributed by atoms with Crippen LogP contribution in [0.2, 0.25) is 0 Å². The lowest BCUT2D eigenvalue weighted by Gasteiger charge is -2.05. The summed E-state index contributed by atoms with van der Waals surface area (Å²) in [4.78, 5) is 4.77. The predicted octanol–water partition coefficient (Wildman–Crippen LogP) is 4.02. The Labute approximate surface area is 134 Å². The van der Waals surface area contributed by atoms with E-state index in [1.807, 2.05) is 43.4 Å². The Morgan fingerprint density at radius 1 is 0.913 bits per heavy atom. The first-order valence-corrected chi connectivity index (χ1v) is 7.50. The van der Waals surface area contributed by atoms with Crippen LogP contribution in [0.3, 0.4) is 0 Å². The number of imidazole rings is 2. The van der Waals surface area contributed by atoms with Crippen LogP contribution in [0.4, 0.5) is 0 Å². The minimum Gasteiger partial charge on any atom is -0.497 e. The molecule has 0 saturated heterocycles. The van der Waals surface area contributed by atoms with E-state index in [-0.39, 0.29) is 0 Å². The lowest BCUT2D eigenvalue weighted by atomic mass is 10.1. The molecule has 0 atom stereocenters. The number of nitrogens with zero attached hydrogens (tertiary/aromatic N) is 3. The highest BCUT2D eigenvalue weighted by atomic mass is 16.5. The minimum absolute atomic E-state index is 0.853. The molecule has 4 rings (SSSR count). The van der Waals surface area contributed by atoms with E-state index in [2.05, 4.69) is 39.6 Å². The van der Waals surface area contributed by atoms with Crippen molar-refractivity contribution in [3.8, 4) is 28.3 Å². The number of hydrogen-bond acceptors (Lipinski definition) is 2. The van der Waals surface area contributed by atoms with Crippen molar-refractivity contribution in [1.82, 2.24) is 14.0 Å². The zero-order chi connectivity index (χ0) is 15.8. The molecule has 0 N–H and O–H groups in total. The Bertz CT molecular complexity index is 967. The quantitative estimate of drug-likeness (QED) is 0.572. The third kappa shape index (κ3) is 2.28. The Hall–Kier alpha value is -3.01. The largest absolute Gasteiger partial charge is 0.497 e. The third-order valence-corrected chi connectivity index (χ3v) is 4.07. The van der Waals surface area contributed by atoms with Crippen molar-refractivity contribution >= 4 is 5.78 Å². The normalized spacial score (nSPS) is 11.0. The van der Waals surface area contributed by atoms with Crippen molar-refractivity contribution in [2.75, 3.05) is 7.11 Å². The first-order chi connectivity index (χ1) is 11.3. The monoisotopic (exact) mass is 303 g/mol. The topological polar surface area (TPSA) is 31.5 Å². The number of fused-ring (bicyclic) bond motifs is 1. The fourth-order valence-corrected chi connectivity index (χ4v) is 2.85. The van der Waals surface area contributed by atoms with E-state index in [0.29, 0.717) is 0 Å². The molecule has 0 amide bonds. The molecule has 2 heterocycles. The molecule has 0 bridgehead atoms. The van der Waals surface area contributed by atoms with Crippen LogP contribution in [-0.2, 0) is 7.05 Å². The average Bonchev–Trinajstić information content (AvgIpc) is 3.15. The van der Waals surface area contributed by atoms with Gasteiger partial charge in [-0.05, 0) is 12.1 Å². The van der Waals surface area contributed by atoms with Crippen LogP contribution >= 0.6 is 0 Å². The van der Waals surface area contributed by atoms with Crippen LogP contribution in [0.25, 0.3) is 28.3 Å². The average molecular weight is 303 g/mol. The molecule has 0 aliphatic carbocycles. The fourth-order valence-electron chi connectivity index (χ4n) is 2.85. The highest BCUT2D eigenvalue weighted by Gasteiger charge is 2.12. The number of aryl methyl sites for hydroxylation is 1. The van der Waals surface area contributed by atoms with Gasteiger partial charge in [0.1, 0.15) is 5.75 Å². The maximum Gasteiger partial charge on any atom is 0.214 e. The lowest BCUT2D eigenvalue weighted by Crippen LogP contribution is -1.93. The number of aromatic nitrogens is 3. The van der Waals surface area contributed by atoms with E-state index < -0.39 is 0 Å². The van der Waals surface area contributed by atoms with Crippen LogP contribution in [0.5, 0.6) is 5.75 Å². The van der Waals surface area contributed by atoms with E-state index in [1.165, 1.54) is 0 Å². The van der Waals surface area contributed by atoms with Gasteiger partial charge < -0.3 is 9.30 Å². The Morgan fingerprint density at radius 3 is 2.43 bits per heavy atom. The number of hydrogen-bond donors (Lipinski definition) is 0. The van der Waals surface area contributed by atoms with Crippen LogP contribution < -0.4 is 4.74 Å². The molecule has 2 aromatic heterocycles. The van der Waals surface area contributed by atoms with Gasteiger partial charge in [-0.15, -0.1) is 0 Å². The number of rotatable bonds is 3. The number of benzene rings is 2. The molecule has 2 aromatic carbocycles. The Morgan fingerprint density at radius 2 is 1.70 bits per heavy atom. The molecule has 4 nitrogen and oxygen atoms in total. The zero-order valence-corrected chi connectivity index (χ0v) is 13.1. The van der Waals surface area contributed by atoms with Gasteiger partial charge in [0.05, 0.1) is 18.5 Å². The summed E-state index contributed by atoms with van der Waals surface area (Å²) in [5, 5.41) is 0. The van der Waals surface area contributed by atoms with Gasteiger partial charge >= 0.3 is 0 Å². The summed E-state index contributed by atoms with van der Waals surface area (Å²) in [6.07, 6.45) is 4.16. The third-order valence-electron chi connectivity index (χ3n) is 4.07. The van der Waals surface area contributed by atoms with E-state index in [0.717, 1.165) is 34.0 Å². The van der Waals surface area contributed by atoms with E-state index >= 15 is 0 Å². The second kappa shape index (κ2) is 5.32. The molecule has 0 spiro atoms. The smallest absolute Gasteiger partial charge is 0.214 e. The fraction of sp³-hybridized carbons (Fsp3) is 0.105. The number of ether oxygens (including phenoxy) is 1. The van der Waals surface area contributed by atoms with Gasteiger partial charge in [-0.25, -0.2) is 4.98 Å². The summed E-state index contributed by atoms with van der Waals surface area (Å²) in [5.41, 5.74) is 4.32. The van der Waals surface area contributed by atoms with Crippen molar-refractivity contribution in [2.45, 2.75) is 0 Å². The van der Waals surface area contributed by atoms with Crippen LogP contribution in [0.15, 0.2) is 67.0 Å². The van der Waals surface area contributed by atoms with Gasteiger partial charge in [0.2, 0.25) is 5.78 Å². The molecular weight excluding hydrogens is 286 g/mol. The van der Waals surface area contributed by atoms with Gasteiger partial charge in [0.25, 0.3) is 0 Å². The van der Waals surface area contributed by atoms with Gasteiger partial charge in [0, 0.05) is 30.6 Å². The maximum atomic E-state index is 5.32. The zero-order valence-electron chi connectivity index (χ0n) is 13.1. The van der Waals surface area contributed by atoms with Crippen LogP contribution in [0.1, 0.15) is 0 Å². The van der Waals surface area contributed by atoms with Crippen molar-refractivity contribution in [3.05, 3.63) is 67.0 Å². The first kappa shape index (κ1) is 13.6. The van der Waals surface area contributed by atoms with Gasteiger partial charge in [-0.1, -0.05) is 42.5 Å².